The van der Waals surface area contributed by atoms with E-state index in [9.17, 15) is 0 Å². The van der Waals surface area contributed by atoms with Crippen molar-refractivity contribution in [3.05, 3.63) is 46.1 Å². The minimum absolute atomic E-state index is 0.503. The van der Waals surface area contributed by atoms with Crippen LogP contribution in [0.25, 0.3) is 11.0 Å². The summed E-state index contributed by atoms with van der Waals surface area (Å²) in [5.41, 5.74) is 1.97. The zero-order chi connectivity index (χ0) is 14.1. The van der Waals surface area contributed by atoms with E-state index in [2.05, 4.69) is 15.0 Å². The number of hydrogen-bond acceptors (Lipinski definition) is 4. The normalized spacial score (nSPS) is 10.7. The van der Waals surface area contributed by atoms with E-state index in [1.54, 1.807) is 24.3 Å². The van der Waals surface area contributed by atoms with Crippen molar-refractivity contribution >= 4 is 46.0 Å². The molecule has 2 aromatic heterocycles. The van der Waals surface area contributed by atoms with Crippen molar-refractivity contribution in [1.82, 2.24) is 15.0 Å². The van der Waals surface area contributed by atoms with Crippen molar-refractivity contribution in [2.75, 3.05) is 0 Å². The van der Waals surface area contributed by atoms with E-state index >= 15 is 0 Å². The first-order chi connectivity index (χ1) is 9.65. The molecular formula is C13H6Cl2N4S. The molecule has 0 saturated carbocycles. The molecule has 0 fully saturated rings. The van der Waals surface area contributed by atoms with Gasteiger partial charge >= 0.3 is 0 Å². The summed E-state index contributed by atoms with van der Waals surface area (Å²) < 4.78 is 0. The molecule has 3 rings (SSSR count). The summed E-state index contributed by atoms with van der Waals surface area (Å²) in [6.45, 7) is 0. The van der Waals surface area contributed by atoms with Gasteiger partial charge in [-0.25, -0.2) is 9.97 Å². The van der Waals surface area contributed by atoms with Crippen molar-refractivity contribution in [3.8, 4) is 6.07 Å². The minimum Gasteiger partial charge on any atom is -0.332 e. The zero-order valence-electron chi connectivity index (χ0n) is 9.89. The Morgan fingerprint density at radius 2 is 2.10 bits per heavy atom. The molecule has 20 heavy (non-hydrogen) atoms. The summed E-state index contributed by atoms with van der Waals surface area (Å²) in [4.78, 5) is 11.7. The molecule has 0 spiro atoms. The smallest absolute Gasteiger partial charge is 0.172 e. The molecule has 0 aliphatic carbocycles. The maximum Gasteiger partial charge on any atom is 0.172 e. The van der Waals surface area contributed by atoms with Gasteiger partial charge < -0.3 is 4.98 Å². The van der Waals surface area contributed by atoms with Crippen LogP contribution < -0.4 is 0 Å². The molecule has 0 bridgehead atoms. The highest BCUT2D eigenvalue weighted by Crippen LogP contribution is 2.30. The van der Waals surface area contributed by atoms with Gasteiger partial charge in [0.15, 0.2) is 5.16 Å². The largest absolute Gasteiger partial charge is 0.332 e. The van der Waals surface area contributed by atoms with Gasteiger partial charge in [0.1, 0.15) is 16.6 Å². The van der Waals surface area contributed by atoms with Gasteiger partial charge in [-0.2, -0.15) is 5.26 Å². The second-order valence-electron chi connectivity index (χ2n) is 3.92. The summed E-state index contributed by atoms with van der Waals surface area (Å²) in [7, 11) is 0. The van der Waals surface area contributed by atoms with E-state index in [4.69, 9.17) is 28.5 Å². The average Bonchev–Trinajstić information content (AvgIpc) is 2.82. The molecule has 0 amide bonds. The summed E-state index contributed by atoms with van der Waals surface area (Å²) in [5, 5.41) is 11.2. The monoisotopic (exact) mass is 320 g/mol. The standard InChI is InChI=1S/C13H6Cl2N4S/c14-8-3-9(15)12-10(4-8)18-13(19-12)20-11-2-1-7(5-16)6-17-11/h1-4,6H,(H,18,19). The third kappa shape index (κ3) is 2.59. The highest BCUT2D eigenvalue weighted by Gasteiger charge is 2.09. The molecule has 0 aliphatic heterocycles. The number of aromatic nitrogens is 3. The highest BCUT2D eigenvalue weighted by atomic mass is 35.5. The average molecular weight is 321 g/mol. The number of nitrogens with one attached hydrogen (secondary N) is 1. The Kier molecular flexibility index (Phi) is 3.53. The zero-order valence-corrected chi connectivity index (χ0v) is 12.2. The number of fused-ring (bicyclic) bond motifs is 1. The maximum absolute atomic E-state index is 8.73. The van der Waals surface area contributed by atoms with Crippen molar-refractivity contribution in [3.63, 3.8) is 0 Å². The Labute approximate surface area is 128 Å². The summed E-state index contributed by atoms with van der Waals surface area (Å²) in [5.74, 6) is 0. The molecule has 1 N–H and O–H groups in total. The lowest BCUT2D eigenvalue weighted by Gasteiger charge is -1.95. The summed E-state index contributed by atoms with van der Waals surface area (Å²) in [6.07, 6.45) is 1.52. The van der Waals surface area contributed by atoms with Crippen LogP contribution >= 0.6 is 35.0 Å². The fraction of sp³-hybridized carbons (Fsp3) is 0. The van der Waals surface area contributed by atoms with Gasteiger partial charge in [0.25, 0.3) is 0 Å². The van der Waals surface area contributed by atoms with Crippen LogP contribution in [0, 0.1) is 11.3 Å². The quantitative estimate of drug-likeness (QED) is 0.765. The number of imidazole rings is 1. The van der Waals surface area contributed by atoms with E-state index in [1.165, 1.54) is 18.0 Å². The molecule has 1 aromatic carbocycles. The van der Waals surface area contributed by atoms with E-state index in [0.29, 0.717) is 26.3 Å². The first-order valence-electron chi connectivity index (χ1n) is 5.54. The predicted octanol–water partition coefficient (Wildman–Crippen LogP) is 4.29. The number of hydrogen-bond donors (Lipinski definition) is 1. The van der Waals surface area contributed by atoms with Gasteiger partial charge in [0, 0.05) is 11.2 Å². The number of nitriles is 1. The summed E-state index contributed by atoms with van der Waals surface area (Å²) in [6, 6.07) is 8.93. The topological polar surface area (TPSA) is 65.4 Å². The van der Waals surface area contributed by atoms with E-state index in [-0.39, 0.29) is 0 Å². The van der Waals surface area contributed by atoms with Crippen LogP contribution in [-0.4, -0.2) is 15.0 Å². The maximum atomic E-state index is 8.73. The van der Waals surface area contributed by atoms with Crippen LogP contribution in [0.2, 0.25) is 10.0 Å². The number of benzene rings is 1. The van der Waals surface area contributed by atoms with Crippen LogP contribution in [0.3, 0.4) is 0 Å². The van der Waals surface area contributed by atoms with E-state index in [0.717, 1.165) is 10.5 Å². The lowest BCUT2D eigenvalue weighted by atomic mass is 10.3. The molecular weight excluding hydrogens is 315 g/mol. The predicted molar refractivity (Wildman–Crippen MR) is 79.2 cm³/mol. The Hall–Kier alpha value is -1.74. The number of H-pyrrole nitrogens is 1. The Balaban J connectivity index is 1.94. The first kappa shape index (κ1) is 13.3. The van der Waals surface area contributed by atoms with Crippen LogP contribution in [0.1, 0.15) is 5.56 Å². The molecule has 3 aromatic rings. The van der Waals surface area contributed by atoms with E-state index in [1.807, 2.05) is 6.07 Å². The number of rotatable bonds is 2. The second-order valence-corrected chi connectivity index (χ2v) is 5.78. The number of halogens is 2. The fourth-order valence-electron chi connectivity index (χ4n) is 1.67. The molecule has 0 saturated heterocycles. The van der Waals surface area contributed by atoms with Crippen LogP contribution in [-0.2, 0) is 0 Å². The van der Waals surface area contributed by atoms with Gasteiger partial charge in [-0.05, 0) is 36.0 Å². The third-order valence-electron chi connectivity index (χ3n) is 2.55. The van der Waals surface area contributed by atoms with Crippen molar-refractivity contribution in [1.29, 1.82) is 5.26 Å². The Morgan fingerprint density at radius 1 is 1.25 bits per heavy atom. The molecule has 98 valence electrons. The van der Waals surface area contributed by atoms with Crippen LogP contribution in [0.5, 0.6) is 0 Å². The molecule has 7 heteroatoms. The van der Waals surface area contributed by atoms with Gasteiger partial charge in [0.05, 0.1) is 16.1 Å². The van der Waals surface area contributed by atoms with Gasteiger partial charge in [-0.3, -0.25) is 0 Å². The third-order valence-corrected chi connectivity index (χ3v) is 3.89. The molecule has 0 atom stereocenters. The van der Waals surface area contributed by atoms with E-state index < -0.39 is 0 Å². The van der Waals surface area contributed by atoms with Crippen molar-refractivity contribution < 1.29 is 0 Å². The Morgan fingerprint density at radius 3 is 2.80 bits per heavy atom. The molecule has 0 radical (unpaired) electrons. The number of aromatic amines is 1. The minimum atomic E-state index is 0.503. The molecule has 0 aliphatic rings. The fourth-order valence-corrected chi connectivity index (χ4v) is 2.95. The SMILES string of the molecule is N#Cc1ccc(Sc2nc3c(Cl)cc(Cl)cc3[nH]2)nc1. The van der Waals surface area contributed by atoms with Crippen molar-refractivity contribution in [2.45, 2.75) is 10.2 Å². The van der Waals surface area contributed by atoms with Crippen LogP contribution in [0.15, 0.2) is 40.6 Å². The number of pyridine rings is 1. The van der Waals surface area contributed by atoms with Gasteiger partial charge in [-0.15, -0.1) is 0 Å². The molecule has 2 heterocycles. The summed E-state index contributed by atoms with van der Waals surface area (Å²) >= 11 is 13.4. The molecule has 0 unspecified atom stereocenters. The lowest BCUT2D eigenvalue weighted by molar-refractivity contribution is 1.05. The van der Waals surface area contributed by atoms with Gasteiger partial charge in [-0.1, -0.05) is 23.2 Å². The first-order valence-corrected chi connectivity index (χ1v) is 7.12. The second kappa shape index (κ2) is 5.33. The van der Waals surface area contributed by atoms with Crippen LogP contribution in [0.4, 0.5) is 0 Å². The highest BCUT2D eigenvalue weighted by molar-refractivity contribution is 7.99. The lowest BCUT2D eigenvalue weighted by Crippen LogP contribution is -1.82. The van der Waals surface area contributed by atoms with Gasteiger partial charge in [0.2, 0.25) is 0 Å². The Bertz CT molecular complexity index is 821. The number of nitrogens with zero attached hydrogens (tertiary/aromatic N) is 3. The molecule has 4 nitrogen and oxygen atoms in total. The van der Waals surface area contributed by atoms with Crippen molar-refractivity contribution in [2.24, 2.45) is 0 Å².